The Morgan fingerprint density at radius 3 is 2.85 bits per heavy atom. The summed E-state index contributed by atoms with van der Waals surface area (Å²) >= 11 is 0. The summed E-state index contributed by atoms with van der Waals surface area (Å²) < 4.78 is 5.56. The average Bonchev–Trinajstić information content (AvgIpc) is 2.94. The van der Waals surface area contributed by atoms with E-state index in [1.54, 1.807) is 0 Å². The molecule has 2 amide bonds. The molecule has 3 N–H and O–H groups in total. The molecule has 4 unspecified atom stereocenters. The Kier molecular flexibility index (Phi) is 5.27. The van der Waals surface area contributed by atoms with Crippen LogP contribution in [-0.4, -0.2) is 42.5 Å². The van der Waals surface area contributed by atoms with E-state index in [0.717, 1.165) is 45.1 Å². The average molecular weight is 284 g/mol. The van der Waals surface area contributed by atoms with E-state index in [-0.39, 0.29) is 29.7 Å². The minimum atomic E-state index is -0.313. The minimum absolute atomic E-state index is 0.0292. The van der Waals surface area contributed by atoms with Gasteiger partial charge < -0.3 is 20.5 Å². The van der Waals surface area contributed by atoms with Crippen LogP contribution in [0.3, 0.4) is 0 Å². The van der Waals surface area contributed by atoms with Crippen molar-refractivity contribution in [2.75, 3.05) is 13.2 Å². The third kappa shape index (κ3) is 3.85. The van der Waals surface area contributed by atoms with Crippen molar-refractivity contribution in [1.82, 2.24) is 10.6 Å². The molecule has 5 nitrogen and oxygen atoms in total. The highest BCUT2D eigenvalue weighted by Gasteiger charge is 2.35. The standard InChI is InChI=1S/C15H28N2O3/c1-11(12-6-5-9-20-12)17-14(19)16-10-15(2)8-4-3-7-13(15)18/h11-13,18H,3-10H2,1-2H3,(H2,16,17,19). The first-order valence-corrected chi connectivity index (χ1v) is 7.85. The van der Waals surface area contributed by atoms with Crippen LogP contribution in [-0.2, 0) is 4.74 Å². The number of nitrogens with one attached hydrogen (secondary N) is 2. The van der Waals surface area contributed by atoms with Crippen molar-refractivity contribution in [2.45, 2.75) is 70.6 Å². The molecule has 1 saturated heterocycles. The fourth-order valence-electron chi connectivity index (χ4n) is 3.22. The quantitative estimate of drug-likeness (QED) is 0.737. The lowest BCUT2D eigenvalue weighted by molar-refractivity contribution is 0.00290. The van der Waals surface area contributed by atoms with E-state index >= 15 is 0 Å². The summed E-state index contributed by atoms with van der Waals surface area (Å²) in [6.45, 7) is 5.36. The first-order valence-electron chi connectivity index (χ1n) is 7.85. The van der Waals surface area contributed by atoms with Crippen molar-refractivity contribution < 1.29 is 14.6 Å². The minimum Gasteiger partial charge on any atom is -0.392 e. The van der Waals surface area contributed by atoms with Crippen molar-refractivity contribution >= 4 is 6.03 Å². The summed E-state index contributed by atoms with van der Waals surface area (Å²) in [7, 11) is 0. The zero-order valence-electron chi connectivity index (χ0n) is 12.7. The van der Waals surface area contributed by atoms with Crippen LogP contribution in [0.15, 0.2) is 0 Å². The molecular formula is C15H28N2O3. The van der Waals surface area contributed by atoms with E-state index in [1.165, 1.54) is 0 Å². The lowest BCUT2D eigenvalue weighted by Crippen LogP contribution is -2.51. The molecule has 1 heterocycles. The van der Waals surface area contributed by atoms with E-state index in [2.05, 4.69) is 17.6 Å². The molecule has 1 saturated carbocycles. The first kappa shape index (κ1) is 15.6. The fraction of sp³-hybridized carbons (Fsp3) is 0.933. The Morgan fingerprint density at radius 1 is 1.40 bits per heavy atom. The number of aliphatic hydroxyl groups excluding tert-OH is 1. The van der Waals surface area contributed by atoms with Crippen LogP contribution >= 0.6 is 0 Å². The van der Waals surface area contributed by atoms with Gasteiger partial charge in [-0.25, -0.2) is 4.79 Å². The van der Waals surface area contributed by atoms with Crippen molar-refractivity contribution in [3.63, 3.8) is 0 Å². The van der Waals surface area contributed by atoms with Crippen LogP contribution in [0.1, 0.15) is 52.4 Å². The predicted octanol–water partition coefficient (Wildman–Crippen LogP) is 1.79. The molecule has 1 aliphatic carbocycles. The molecule has 4 atom stereocenters. The molecule has 116 valence electrons. The van der Waals surface area contributed by atoms with Gasteiger partial charge in [0.15, 0.2) is 0 Å². The van der Waals surface area contributed by atoms with Gasteiger partial charge in [-0.05, 0) is 32.6 Å². The van der Waals surface area contributed by atoms with Gasteiger partial charge in [-0.1, -0.05) is 19.8 Å². The Labute approximate surface area is 121 Å². The maximum atomic E-state index is 11.9. The van der Waals surface area contributed by atoms with Gasteiger partial charge in [-0.3, -0.25) is 0 Å². The molecule has 2 aliphatic rings. The van der Waals surface area contributed by atoms with Crippen LogP contribution < -0.4 is 10.6 Å². The number of carbonyl (C=O) groups excluding carboxylic acids is 1. The van der Waals surface area contributed by atoms with Gasteiger partial charge in [0.1, 0.15) is 0 Å². The number of hydrogen-bond acceptors (Lipinski definition) is 3. The molecule has 0 aromatic rings. The number of ether oxygens (including phenoxy) is 1. The summed E-state index contributed by atoms with van der Waals surface area (Å²) in [5, 5.41) is 16.0. The molecule has 5 heteroatoms. The van der Waals surface area contributed by atoms with E-state index in [1.807, 2.05) is 6.92 Å². The fourth-order valence-corrected chi connectivity index (χ4v) is 3.22. The highest BCUT2D eigenvalue weighted by Crippen LogP contribution is 2.35. The smallest absolute Gasteiger partial charge is 0.315 e. The summed E-state index contributed by atoms with van der Waals surface area (Å²) in [5.74, 6) is 0. The van der Waals surface area contributed by atoms with E-state index in [9.17, 15) is 9.90 Å². The van der Waals surface area contributed by atoms with Crippen LogP contribution in [0.4, 0.5) is 4.79 Å². The van der Waals surface area contributed by atoms with Gasteiger partial charge in [0.25, 0.3) is 0 Å². The summed E-state index contributed by atoms with van der Waals surface area (Å²) in [4.78, 5) is 11.9. The molecule has 2 fully saturated rings. The summed E-state index contributed by atoms with van der Waals surface area (Å²) in [6, 6.07) is -0.131. The summed E-state index contributed by atoms with van der Waals surface area (Å²) in [6.07, 6.45) is 5.92. The van der Waals surface area contributed by atoms with Gasteiger partial charge >= 0.3 is 6.03 Å². The second-order valence-electron chi connectivity index (χ2n) is 6.58. The van der Waals surface area contributed by atoms with Crippen LogP contribution in [0, 0.1) is 5.41 Å². The topological polar surface area (TPSA) is 70.6 Å². The number of carbonyl (C=O) groups is 1. The number of amides is 2. The zero-order chi connectivity index (χ0) is 14.6. The molecule has 0 aromatic carbocycles. The third-order valence-electron chi connectivity index (χ3n) is 4.81. The van der Waals surface area contributed by atoms with Crippen molar-refractivity contribution in [3.8, 4) is 0 Å². The Bertz CT molecular complexity index is 331. The first-order chi connectivity index (χ1) is 9.51. The van der Waals surface area contributed by atoms with E-state index in [0.29, 0.717) is 6.54 Å². The monoisotopic (exact) mass is 284 g/mol. The lowest BCUT2D eigenvalue weighted by Gasteiger charge is -2.38. The van der Waals surface area contributed by atoms with Gasteiger partial charge in [0.2, 0.25) is 0 Å². The van der Waals surface area contributed by atoms with Crippen molar-refractivity contribution in [1.29, 1.82) is 0 Å². The maximum absolute atomic E-state index is 11.9. The van der Waals surface area contributed by atoms with Gasteiger partial charge in [-0.2, -0.15) is 0 Å². The van der Waals surface area contributed by atoms with E-state index < -0.39 is 0 Å². The highest BCUT2D eigenvalue weighted by molar-refractivity contribution is 5.74. The Balaban J connectivity index is 1.73. The Morgan fingerprint density at radius 2 is 2.20 bits per heavy atom. The van der Waals surface area contributed by atoms with Crippen LogP contribution in [0.2, 0.25) is 0 Å². The number of rotatable bonds is 4. The second-order valence-corrected chi connectivity index (χ2v) is 6.58. The Hall–Kier alpha value is -0.810. The molecule has 2 rings (SSSR count). The highest BCUT2D eigenvalue weighted by atomic mass is 16.5. The molecule has 0 spiro atoms. The SMILES string of the molecule is CC(NC(=O)NCC1(C)CCCCC1O)C1CCCO1. The van der Waals surface area contributed by atoms with Crippen LogP contribution in [0.5, 0.6) is 0 Å². The van der Waals surface area contributed by atoms with Crippen molar-refractivity contribution in [3.05, 3.63) is 0 Å². The lowest BCUT2D eigenvalue weighted by atomic mass is 9.73. The zero-order valence-corrected chi connectivity index (χ0v) is 12.7. The molecule has 0 radical (unpaired) electrons. The second kappa shape index (κ2) is 6.76. The maximum Gasteiger partial charge on any atom is 0.315 e. The molecule has 0 aromatic heterocycles. The predicted molar refractivity (Wildman–Crippen MR) is 77.6 cm³/mol. The number of hydrogen-bond donors (Lipinski definition) is 3. The molecule has 1 aliphatic heterocycles. The molecule has 0 bridgehead atoms. The molecule has 20 heavy (non-hydrogen) atoms. The summed E-state index contributed by atoms with van der Waals surface area (Å²) in [5.41, 5.74) is -0.192. The van der Waals surface area contributed by atoms with Crippen LogP contribution in [0.25, 0.3) is 0 Å². The number of urea groups is 1. The molecular weight excluding hydrogens is 256 g/mol. The van der Waals surface area contributed by atoms with Gasteiger partial charge in [0.05, 0.1) is 18.2 Å². The number of aliphatic hydroxyl groups is 1. The van der Waals surface area contributed by atoms with Gasteiger partial charge in [0, 0.05) is 18.6 Å². The van der Waals surface area contributed by atoms with Crippen molar-refractivity contribution in [2.24, 2.45) is 5.41 Å². The largest absolute Gasteiger partial charge is 0.392 e. The van der Waals surface area contributed by atoms with Gasteiger partial charge in [-0.15, -0.1) is 0 Å². The van der Waals surface area contributed by atoms with E-state index in [4.69, 9.17) is 4.74 Å². The normalized spacial score (nSPS) is 35.5. The third-order valence-corrected chi connectivity index (χ3v) is 4.81.